The Balaban J connectivity index is 2.20. The van der Waals surface area contributed by atoms with Gasteiger partial charge in [-0.2, -0.15) is 0 Å². The highest BCUT2D eigenvalue weighted by molar-refractivity contribution is 5.94. The van der Waals surface area contributed by atoms with Crippen molar-refractivity contribution in [3.8, 4) is 0 Å². The van der Waals surface area contributed by atoms with Crippen molar-refractivity contribution in [1.82, 2.24) is 4.90 Å². The third-order valence-electron chi connectivity index (χ3n) is 2.85. The maximum absolute atomic E-state index is 11.2. The summed E-state index contributed by atoms with van der Waals surface area (Å²) in [6.07, 6.45) is 0. The summed E-state index contributed by atoms with van der Waals surface area (Å²) in [6.45, 7) is 5.10. The van der Waals surface area contributed by atoms with Gasteiger partial charge in [-0.05, 0) is 24.1 Å². The van der Waals surface area contributed by atoms with E-state index in [4.69, 9.17) is 5.73 Å². The Morgan fingerprint density at radius 2 is 2.13 bits per heavy atom. The van der Waals surface area contributed by atoms with Gasteiger partial charge in [0.15, 0.2) is 5.78 Å². The fraction of sp³-hybridized carbons (Fsp3) is 0.417. The molecular formula is C12H16N2O. The maximum atomic E-state index is 11.2. The van der Waals surface area contributed by atoms with E-state index in [1.54, 1.807) is 6.92 Å². The number of carbonyl (C=O) groups excluding carboxylic acids is 1. The van der Waals surface area contributed by atoms with Crippen LogP contribution >= 0.6 is 0 Å². The van der Waals surface area contributed by atoms with Gasteiger partial charge in [-0.3, -0.25) is 9.69 Å². The van der Waals surface area contributed by atoms with Crippen molar-refractivity contribution in [2.24, 2.45) is 5.73 Å². The van der Waals surface area contributed by atoms with Crippen molar-refractivity contribution < 1.29 is 4.79 Å². The molecule has 1 aliphatic heterocycles. The second-order valence-corrected chi connectivity index (χ2v) is 4.04. The SMILES string of the molecule is CC(=O)c1ccc2c(c1)CN(CCN)C2. The first-order valence-electron chi connectivity index (χ1n) is 5.26. The quantitative estimate of drug-likeness (QED) is 0.752. The zero-order chi connectivity index (χ0) is 10.8. The number of nitrogens with two attached hydrogens (primary N) is 1. The van der Waals surface area contributed by atoms with Gasteiger partial charge in [0.1, 0.15) is 0 Å². The van der Waals surface area contributed by atoms with E-state index >= 15 is 0 Å². The van der Waals surface area contributed by atoms with Crippen molar-refractivity contribution >= 4 is 5.78 Å². The Kier molecular flexibility index (Phi) is 2.84. The third kappa shape index (κ3) is 2.08. The minimum Gasteiger partial charge on any atom is -0.329 e. The number of rotatable bonds is 3. The molecule has 0 amide bonds. The normalized spacial score (nSPS) is 15.3. The van der Waals surface area contributed by atoms with E-state index in [9.17, 15) is 4.79 Å². The van der Waals surface area contributed by atoms with Crippen LogP contribution in [0.15, 0.2) is 18.2 Å². The third-order valence-corrected chi connectivity index (χ3v) is 2.85. The van der Waals surface area contributed by atoms with Crippen molar-refractivity contribution in [1.29, 1.82) is 0 Å². The molecule has 2 N–H and O–H groups in total. The van der Waals surface area contributed by atoms with Crippen LogP contribution in [0, 0.1) is 0 Å². The number of ketones is 1. The Hall–Kier alpha value is -1.19. The summed E-state index contributed by atoms with van der Waals surface area (Å²) in [4.78, 5) is 13.5. The van der Waals surface area contributed by atoms with Crippen LogP contribution in [-0.2, 0) is 13.1 Å². The standard InChI is InChI=1S/C12H16N2O/c1-9(15)10-2-3-11-7-14(5-4-13)8-12(11)6-10/h2-3,6H,4-5,7-8,13H2,1H3. The number of carbonyl (C=O) groups is 1. The Morgan fingerprint density at radius 1 is 1.40 bits per heavy atom. The lowest BCUT2D eigenvalue weighted by atomic mass is 10.0. The fourth-order valence-electron chi connectivity index (χ4n) is 2.02. The first kappa shape index (κ1) is 10.3. The van der Waals surface area contributed by atoms with Crippen LogP contribution in [0.3, 0.4) is 0 Å². The first-order chi connectivity index (χ1) is 7.20. The van der Waals surface area contributed by atoms with Gasteiger partial charge in [0.05, 0.1) is 0 Å². The number of hydrogen-bond acceptors (Lipinski definition) is 3. The lowest BCUT2D eigenvalue weighted by Gasteiger charge is -2.11. The molecule has 0 atom stereocenters. The van der Waals surface area contributed by atoms with Crippen molar-refractivity contribution in [2.45, 2.75) is 20.0 Å². The summed E-state index contributed by atoms with van der Waals surface area (Å²) in [5.41, 5.74) is 8.94. The van der Waals surface area contributed by atoms with Gasteiger partial charge in [-0.25, -0.2) is 0 Å². The summed E-state index contributed by atoms with van der Waals surface area (Å²) in [7, 11) is 0. The molecule has 0 fully saturated rings. The number of fused-ring (bicyclic) bond motifs is 1. The van der Waals surface area contributed by atoms with Crippen LogP contribution in [0.2, 0.25) is 0 Å². The van der Waals surface area contributed by atoms with Crippen LogP contribution in [0.4, 0.5) is 0 Å². The molecule has 0 aromatic heterocycles. The van der Waals surface area contributed by atoms with Crippen LogP contribution in [-0.4, -0.2) is 23.8 Å². The average Bonchev–Trinajstić information content (AvgIpc) is 2.59. The molecule has 1 aliphatic rings. The van der Waals surface area contributed by atoms with Gasteiger partial charge in [-0.1, -0.05) is 12.1 Å². The minimum absolute atomic E-state index is 0.134. The number of Topliss-reactive ketones (excluding diaryl/α,β-unsaturated/α-hetero) is 1. The molecule has 2 rings (SSSR count). The van der Waals surface area contributed by atoms with E-state index in [0.717, 1.165) is 25.2 Å². The van der Waals surface area contributed by atoms with Crippen LogP contribution in [0.1, 0.15) is 28.4 Å². The van der Waals surface area contributed by atoms with Crippen LogP contribution < -0.4 is 5.73 Å². The molecule has 1 aromatic rings. The lowest BCUT2D eigenvalue weighted by Crippen LogP contribution is -2.24. The van der Waals surface area contributed by atoms with Crippen molar-refractivity contribution in [2.75, 3.05) is 13.1 Å². The number of nitrogens with zero attached hydrogens (tertiary/aromatic N) is 1. The second-order valence-electron chi connectivity index (χ2n) is 4.04. The van der Waals surface area contributed by atoms with Crippen molar-refractivity contribution in [3.63, 3.8) is 0 Å². The molecule has 3 nitrogen and oxygen atoms in total. The van der Waals surface area contributed by atoms with E-state index in [0.29, 0.717) is 6.54 Å². The van der Waals surface area contributed by atoms with Crippen LogP contribution in [0.25, 0.3) is 0 Å². The molecule has 0 saturated heterocycles. The van der Waals surface area contributed by atoms with Gasteiger partial charge in [0.2, 0.25) is 0 Å². The largest absolute Gasteiger partial charge is 0.329 e. The summed E-state index contributed by atoms with van der Waals surface area (Å²) in [6, 6.07) is 5.98. The maximum Gasteiger partial charge on any atom is 0.159 e. The molecule has 0 aliphatic carbocycles. The van der Waals surface area contributed by atoms with Gasteiger partial charge in [0.25, 0.3) is 0 Å². The zero-order valence-electron chi connectivity index (χ0n) is 8.99. The second kappa shape index (κ2) is 4.13. The molecular weight excluding hydrogens is 188 g/mol. The molecule has 0 unspecified atom stereocenters. The molecule has 0 saturated carbocycles. The highest BCUT2D eigenvalue weighted by atomic mass is 16.1. The predicted octanol–water partition coefficient (Wildman–Crippen LogP) is 1.16. The zero-order valence-corrected chi connectivity index (χ0v) is 8.99. The van der Waals surface area contributed by atoms with Gasteiger partial charge in [-0.15, -0.1) is 0 Å². The Bertz CT molecular complexity index is 387. The van der Waals surface area contributed by atoms with Gasteiger partial charge < -0.3 is 5.73 Å². The summed E-state index contributed by atoms with van der Waals surface area (Å²) >= 11 is 0. The summed E-state index contributed by atoms with van der Waals surface area (Å²) in [5, 5.41) is 0. The molecule has 0 bridgehead atoms. The fourth-order valence-corrected chi connectivity index (χ4v) is 2.02. The Labute approximate surface area is 89.9 Å². The summed E-state index contributed by atoms with van der Waals surface area (Å²) < 4.78 is 0. The topological polar surface area (TPSA) is 46.3 Å². The van der Waals surface area contributed by atoms with Crippen molar-refractivity contribution in [3.05, 3.63) is 34.9 Å². The highest BCUT2D eigenvalue weighted by Crippen LogP contribution is 2.23. The monoisotopic (exact) mass is 204 g/mol. The van der Waals surface area contributed by atoms with E-state index < -0.39 is 0 Å². The Morgan fingerprint density at radius 3 is 2.80 bits per heavy atom. The molecule has 0 radical (unpaired) electrons. The number of benzene rings is 1. The van der Waals surface area contributed by atoms with Gasteiger partial charge in [0, 0.05) is 31.7 Å². The molecule has 1 heterocycles. The smallest absolute Gasteiger partial charge is 0.159 e. The predicted molar refractivity (Wildman–Crippen MR) is 59.6 cm³/mol. The molecule has 15 heavy (non-hydrogen) atoms. The summed E-state index contributed by atoms with van der Waals surface area (Å²) in [5.74, 6) is 0.134. The van der Waals surface area contributed by atoms with E-state index in [1.165, 1.54) is 11.1 Å². The molecule has 0 spiro atoms. The average molecular weight is 204 g/mol. The number of hydrogen-bond donors (Lipinski definition) is 1. The molecule has 80 valence electrons. The molecule has 3 heteroatoms. The van der Waals surface area contributed by atoms with E-state index in [1.807, 2.05) is 12.1 Å². The van der Waals surface area contributed by atoms with Gasteiger partial charge >= 0.3 is 0 Å². The molecule has 1 aromatic carbocycles. The minimum atomic E-state index is 0.134. The lowest BCUT2D eigenvalue weighted by molar-refractivity contribution is 0.101. The van der Waals surface area contributed by atoms with E-state index in [-0.39, 0.29) is 5.78 Å². The first-order valence-corrected chi connectivity index (χ1v) is 5.26. The van der Waals surface area contributed by atoms with Crippen LogP contribution in [0.5, 0.6) is 0 Å². The van der Waals surface area contributed by atoms with E-state index in [2.05, 4.69) is 11.0 Å². The highest BCUT2D eigenvalue weighted by Gasteiger charge is 2.18.